The first kappa shape index (κ1) is 10.4. The van der Waals surface area contributed by atoms with Gasteiger partial charge in [-0.1, -0.05) is 30.3 Å². The van der Waals surface area contributed by atoms with E-state index in [0.717, 1.165) is 16.7 Å². The van der Waals surface area contributed by atoms with Gasteiger partial charge in [0.25, 0.3) is 0 Å². The van der Waals surface area contributed by atoms with Crippen LogP contribution in [0.25, 0.3) is 11.1 Å². The van der Waals surface area contributed by atoms with Crippen molar-refractivity contribution in [3.05, 3.63) is 42.0 Å². The number of hydrogen-bond acceptors (Lipinski definition) is 3. The first-order chi connectivity index (χ1) is 7.61. The van der Waals surface area contributed by atoms with Crippen LogP contribution < -0.4 is 17.2 Å². The fourth-order valence-corrected chi connectivity index (χ4v) is 1.70. The summed E-state index contributed by atoms with van der Waals surface area (Å²) in [6.07, 6.45) is 0. The smallest absolute Gasteiger partial charge is 0.0631 e. The van der Waals surface area contributed by atoms with E-state index >= 15 is 0 Å². The van der Waals surface area contributed by atoms with Crippen molar-refractivity contribution in [1.82, 2.24) is 0 Å². The standard InChI is InChI=1S/C13H15N3/c1-8-11(14)7-10(13(16)12(8)15)9-5-3-2-4-6-9/h2-7H,14-16H2,1H3. The Labute approximate surface area is 94.9 Å². The van der Waals surface area contributed by atoms with Gasteiger partial charge < -0.3 is 17.2 Å². The summed E-state index contributed by atoms with van der Waals surface area (Å²) in [5, 5.41) is 0. The molecule has 0 aromatic heterocycles. The van der Waals surface area contributed by atoms with Gasteiger partial charge in [-0.3, -0.25) is 0 Å². The number of anilines is 3. The van der Waals surface area contributed by atoms with Crippen LogP contribution in [0.15, 0.2) is 36.4 Å². The predicted molar refractivity (Wildman–Crippen MR) is 69.9 cm³/mol. The predicted octanol–water partition coefficient (Wildman–Crippen LogP) is 2.41. The Bertz CT molecular complexity index is 518. The maximum atomic E-state index is 6.00. The third-order valence-corrected chi connectivity index (χ3v) is 2.80. The summed E-state index contributed by atoms with van der Waals surface area (Å²) in [5.41, 5.74) is 22.4. The van der Waals surface area contributed by atoms with E-state index in [0.29, 0.717) is 17.1 Å². The lowest BCUT2D eigenvalue weighted by Gasteiger charge is -2.13. The quantitative estimate of drug-likeness (QED) is 0.636. The van der Waals surface area contributed by atoms with Crippen LogP contribution in [0.3, 0.4) is 0 Å². The fourth-order valence-electron chi connectivity index (χ4n) is 1.70. The Balaban J connectivity index is 2.68. The van der Waals surface area contributed by atoms with Crippen LogP contribution in [-0.4, -0.2) is 0 Å². The van der Waals surface area contributed by atoms with Crippen LogP contribution in [0, 0.1) is 6.92 Å². The highest BCUT2D eigenvalue weighted by Crippen LogP contribution is 2.35. The zero-order valence-electron chi connectivity index (χ0n) is 9.20. The van der Waals surface area contributed by atoms with E-state index in [2.05, 4.69) is 0 Å². The van der Waals surface area contributed by atoms with Gasteiger partial charge in [0.05, 0.1) is 11.4 Å². The zero-order valence-corrected chi connectivity index (χ0v) is 9.20. The molecule has 0 bridgehead atoms. The highest BCUT2D eigenvalue weighted by molar-refractivity contribution is 5.89. The van der Waals surface area contributed by atoms with E-state index in [-0.39, 0.29) is 0 Å². The van der Waals surface area contributed by atoms with Crippen LogP contribution in [0.4, 0.5) is 17.1 Å². The second-order valence-electron chi connectivity index (χ2n) is 3.83. The molecule has 0 aliphatic heterocycles. The molecule has 0 saturated carbocycles. The van der Waals surface area contributed by atoms with Gasteiger partial charge in [0.1, 0.15) is 0 Å². The van der Waals surface area contributed by atoms with E-state index < -0.39 is 0 Å². The molecule has 0 radical (unpaired) electrons. The Morgan fingerprint density at radius 2 is 1.50 bits per heavy atom. The third-order valence-electron chi connectivity index (χ3n) is 2.80. The summed E-state index contributed by atoms with van der Waals surface area (Å²) < 4.78 is 0. The Morgan fingerprint density at radius 1 is 0.875 bits per heavy atom. The summed E-state index contributed by atoms with van der Waals surface area (Å²) in [7, 11) is 0. The van der Waals surface area contributed by atoms with Gasteiger partial charge in [-0.25, -0.2) is 0 Å². The monoisotopic (exact) mass is 213 g/mol. The number of benzene rings is 2. The second-order valence-corrected chi connectivity index (χ2v) is 3.83. The topological polar surface area (TPSA) is 78.1 Å². The normalized spacial score (nSPS) is 10.3. The van der Waals surface area contributed by atoms with Crippen molar-refractivity contribution in [2.24, 2.45) is 0 Å². The molecule has 2 aromatic rings. The molecule has 82 valence electrons. The minimum absolute atomic E-state index is 0.568. The molecular formula is C13H15N3. The lowest BCUT2D eigenvalue weighted by molar-refractivity contribution is 1.46. The Morgan fingerprint density at radius 3 is 2.12 bits per heavy atom. The van der Waals surface area contributed by atoms with Gasteiger partial charge in [0.15, 0.2) is 0 Å². The molecular weight excluding hydrogens is 198 g/mol. The van der Waals surface area contributed by atoms with E-state index in [4.69, 9.17) is 17.2 Å². The minimum Gasteiger partial charge on any atom is -0.398 e. The molecule has 3 nitrogen and oxygen atoms in total. The molecule has 0 saturated heterocycles. The van der Waals surface area contributed by atoms with Crippen LogP contribution in [0.1, 0.15) is 5.56 Å². The molecule has 0 fully saturated rings. The molecule has 0 atom stereocenters. The maximum absolute atomic E-state index is 6.00. The second kappa shape index (κ2) is 3.77. The molecule has 0 aliphatic carbocycles. The number of nitrogen functional groups attached to an aromatic ring is 3. The van der Waals surface area contributed by atoms with Crippen molar-refractivity contribution < 1.29 is 0 Å². The lowest BCUT2D eigenvalue weighted by Crippen LogP contribution is -2.03. The van der Waals surface area contributed by atoms with Gasteiger partial charge in [0, 0.05) is 11.3 Å². The Hall–Kier alpha value is -2.16. The summed E-state index contributed by atoms with van der Waals surface area (Å²) in [5.74, 6) is 0. The van der Waals surface area contributed by atoms with Gasteiger partial charge in [-0.2, -0.15) is 0 Å². The van der Waals surface area contributed by atoms with Crippen LogP contribution in [0.5, 0.6) is 0 Å². The molecule has 0 amide bonds. The molecule has 0 spiro atoms. The molecule has 6 N–H and O–H groups in total. The average molecular weight is 213 g/mol. The summed E-state index contributed by atoms with van der Waals surface area (Å²) in [4.78, 5) is 0. The largest absolute Gasteiger partial charge is 0.398 e. The van der Waals surface area contributed by atoms with Crippen molar-refractivity contribution in [3.8, 4) is 11.1 Å². The van der Waals surface area contributed by atoms with E-state index in [1.807, 2.05) is 43.3 Å². The van der Waals surface area contributed by atoms with E-state index in [1.165, 1.54) is 0 Å². The summed E-state index contributed by atoms with van der Waals surface area (Å²) in [6, 6.07) is 11.7. The highest BCUT2D eigenvalue weighted by atomic mass is 14.7. The van der Waals surface area contributed by atoms with E-state index in [9.17, 15) is 0 Å². The van der Waals surface area contributed by atoms with Gasteiger partial charge >= 0.3 is 0 Å². The van der Waals surface area contributed by atoms with Crippen LogP contribution in [0.2, 0.25) is 0 Å². The van der Waals surface area contributed by atoms with Crippen molar-refractivity contribution in [1.29, 1.82) is 0 Å². The van der Waals surface area contributed by atoms with Crippen molar-refractivity contribution in [2.75, 3.05) is 17.2 Å². The highest BCUT2D eigenvalue weighted by Gasteiger charge is 2.10. The van der Waals surface area contributed by atoms with Gasteiger partial charge in [-0.05, 0) is 24.1 Å². The first-order valence-corrected chi connectivity index (χ1v) is 5.10. The van der Waals surface area contributed by atoms with Crippen molar-refractivity contribution in [3.63, 3.8) is 0 Å². The first-order valence-electron chi connectivity index (χ1n) is 5.10. The third kappa shape index (κ3) is 1.56. The zero-order chi connectivity index (χ0) is 11.7. The molecule has 3 heteroatoms. The number of rotatable bonds is 1. The minimum atomic E-state index is 0.568. The molecule has 2 rings (SSSR count). The Kier molecular flexibility index (Phi) is 2.44. The van der Waals surface area contributed by atoms with Crippen LogP contribution >= 0.6 is 0 Å². The molecule has 0 heterocycles. The SMILES string of the molecule is Cc1c(N)cc(-c2ccccc2)c(N)c1N. The number of nitrogens with two attached hydrogens (primary N) is 3. The molecule has 2 aromatic carbocycles. The lowest BCUT2D eigenvalue weighted by atomic mass is 9.99. The molecule has 16 heavy (non-hydrogen) atoms. The van der Waals surface area contributed by atoms with Crippen molar-refractivity contribution in [2.45, 2.75) is 6.92 Å². The summed E-state index contributed by atoms with van der Waals surface area (Å²) in [6.45, 7) is 1.87. The molecule has 0 aliphatic rings. The van der Waals surface area contributed by atoms with Crippen molar-refractivity contribution >= 4 is 17.1 Å². The summed E-state index contributed by atoms with van der Waals surface area (Å²) >= 11 is 0. The fraction of sp³-hybridized carbons (Fsp3) is 0.0769. The van der Waals surface area contributed by atoms with E-state index in [1.54, 1.807) is 0 Å². The average Bonchev–Trinajstić information content (AvgIpc) is 2.32. The number of hydrogen-bond donors (Lipinski definition) is 3. The van der Waals surface area contributed by atoms with Gasteiger partial charge in [0.2, 0.25) is 0 Å². The maximum Gasteiger partial charge on any atom is 0.0631 e. The van der Waals surface area contributed by atoms with Crippen LogP contribution in [-0.2, 0) is 0 Å². The molecule has 0 unspecified atom stereocenters. The van der Waals surface area contributed by atoms with Gasteiger partial charge in [-0.15, -0.1) is 0 Å².